The van der Waals surface area contributed by atoms with E-state index in [1.807, 2.05) is 37.3 Å². The molecule has 1 aliphatic heterocycles. The van der Waals surface area contributed by atoms with E-state index in [-0.39, 0.29) is 11.8 Å². The van der Waals surface area contributed by atoms with Crippen molar-refractivity contribution in [2.45, 2.75) is 59.4 Å². The number of anilines is 1. The summed E-state index contributed by atoms with van der Waals surface area (Å²) in [6.45, 7) is 10.4. The Morgan fingerprint density at radius 2 is 1.83 bits per heavy atom. The van der Waals surface area contributed by atoms with Gasteiger partial charge in [-0.15, -0.1) is 18.3 Å². The van der Waals surface area contributed by atoms with Gasteiger partial charge >= 0.3 is 12.4 Å². The van der Waals surface area contributed by atoms with Crippen molar-refractivity contribution in [1.82, 2.24) is 20.1 Å². The fraction of sp³-hybridized carbons (Fsp3) is 0.294. The quantitative estimate of drug-likeness (QED) is 0.216. The summed E-state index contributed by atoms with van der Waals surface area (Å²) in [5.74, 6) is 1.36. The van der Waals surface area contributed by atoms with Crippen molar-refractivity contribution >= 4 is 34.7 Å². The first-order valence-electron chi connectivity index (χ1n) is 14.8. The van der Waals surface area contributed by atoms with Crippen molar-refractivity contribution in [1.29, 1.82) is 0 Å². The number of carbonyl (C=O) groups excluding carboxylic acids is 1. The van der Waals surface area contributed by atoms with E-state index in [1.54, 1.807) is 11.8 Å². The molecule has 3 aromatic carbocycles. The highest BCUT2D eigenvalue weighted by atomic mass is 32.2. The van der Waals surface area contributed by atoms with Gasteiger partial charge in [-0.3, -0.25) is 0 Å². The van der Waals surface area contributed by atoms with Crippen LogP contribution in [0.15, 0.2) is 83.7 Å². The second-order valence-electron chi connectivity index (χ2n) is 11.4. The molecule has 1 unspecified atom stereocenters. The van der Waals surface area contributed by atoms with Crippen molar-refractivity contribution in [2.24, 2.45) is 4.99 Å². The molecule has 4 aromatic rings. The van der Waals surface area contributed by atoms with E-state index in [0.29, 0.717) is 28.3 Å². The maximum Gasteiger partial charge on any atom is 0.573 e. The van der Waals surface area contributed by atoms with E-state index in [9.17, 15) is 18.0 Å². The summed E-state index contributed by atoms with van der Waals surface area (Å²) in [5.41, 5.74) is 6.27. The number of thioether (sulfide) groups is 1. The first-order chi connectivity index (χ1) is 21.9. The van der Waals surface area contributed by atoms with Gasteiger partial charge in [0, 0.05) is 28.7 Å². The van der Waals surface area contributed by atoms with Crippen molar-refractivity contribution in [3.05, 3.63) is 95.4 Å². The third-order valence-corrected chi connectivity index (χ3v) is 8.35. The Morgan fingerprint density at radius 1 is 1.11 bits per heavy atom. The Bertz CT molecular complexity index is 1750. The highest BCUT2D eigenvalue weighted by Crippen LogP contribution is 2.35. The van der Waals surface area contributed by atoms with Crippen molar-refractivity contribution in [3.63, 3.8) is 0 Å². The molecular weight excluding hydrogens is 613 g/mol. The maximum absolute atomic E-state index is 13.1. The average molecular weight is 649 g/mol. The number of nitrogens with one attached hydrogen (secondary N) is 1. The van der Waals surface area contributed by atoms with Crippen LogP contribution in [0.2, 0.25) is 0 Å². The van der Waals surface area contributed by atoms with Crippen LogP contribution < -0.4 is 15.0 Å². The van der Waals surface area contributed by atoms with Gasteiger partial charge in [0.15, 0.2) is 11.0 Å². The van der Waals surface area contributed by atoms with Gasteiger partial charge in [0.2, 0.25) is 0 Å². The number of halogens is 3. The lowest BCUT2D eigenvalue weighted by Crippen LogP contribution is -2.42. The van der Waals surface area contributed by atoms with Crippen LogP contribution in [0, 0.1) is 6.92 Å². The van der Waals surface area contributed by atoms with Crippen molar-refractivity contribution < 1.29 is 22.7 Å². The molecular formula is C34H35F3N6O2S. The molecule has 1 saturated heterocycles. The topological polar surface area (TPSA) is 84.6 Å². The number of nitrogens with zero attached hydrogens (tertiary/aromatic N) is 5. The molecule has 240 valence electrons. The molecule has 1 fully saturated rings. The number of urea groups is 1. The third-order valence-electron chi connectivity index (χ3n) is 7.36. The number of allylic oxidation sites excluding steroid dienone is 1. The number of aromatic nitrogens is 3. The lowest BCUT2D eigenvalue weighted by molar-refractivity contribution is -0.274. The molecule has 1 aromatic heterocycles. The van der Waals surface area contributed by atoms with Gasteiger partial charge in [-0.2, -0.15) is 4.99 Å². The van der Waals surface area contributed by atoms with Gasteiger partial charge in [0.05, 0.1) is 5.69 Å². The van der Waals surface area contributed by atoms with Crippen LogP contribution in [0.25, 0.3) is 23.2 Å². The van der Waals surface area contributed by atoms with Gasteiger partial charge in [-0.05, 0) is 86.2 Å². The zero-order valence-corrected chi connectivity index (χ0v) is 27.0. The standard InChI is InChI=1S/C34H35F3N6O2S/c1-21(2)29-15-6-22(3)18-30(29)43-24(5)16-17-46-33(43)40-32(44)39-23(4)19-25-7-9-26(10-8-25)31-38-20-42(41-31)27-11-13-28(14-12-27)45-34(35,36)37/h6-15,18-21,24H,16-17H2,1-5H3,(H,39,44)/b23-19+,40-33-. The van der Waals surface area contributed by atoms with Crippen molar-refractivity contribution in [2.75, 3.05) is 10.7 Å². The van der Waals surface area contributed by atoms with E-state index in [2.05, 4.69) is 75.9 Å². The van der Waals surface area contributed by atoms with Crippen LogP contribution in [0.3, 0.4) is 0 Å². The number of ether oxygens (including phenoxy) is 1. The van der Waals surface area contributed by atoms with Gasteiger partial charge in [-0.1, -0.05) is 62.0 Å². The SMILES string of the molecule is C/C(=C\c1ccc(-c2ncn(-c3ccc(OC(F)(F)F)cc3)n2)cc1)NC(=O)/N=C1\SCCC(C)N1c1cc(C)ccc1C(C)C. The predicted molar refractivity (Wildman–Crippen MR) is 177 cm³/mol. The summed E-state index contributed by atoms with van der Waals surface area (Å²) in [6, 6.07) is 19.1. The number of rotatable bonds is 7. The molecule has 2 amide bonds. The predicted octanol–water partition coefficient (Wildman–Crippen LogP) is 8.72. The fourth-order valence-corrected chi connectivity index (χ4v) is 6.31. The largest absolute Gasteiger partial charge is 0.573 e. The number of carbonyl (C=O) groups is 1. The van der Waals surface area contributed by atoms with E-state index < -0.39 is 12.4 Å². The molecule has 0 spiro atoms. The van der Waals surface area contributed by atoms with Gasteiger partial charge in [-0.25, -0.2) is 14.5 Å². The number of alkyl halides is 3. The minimum absolute atomic E-state index is 0.210. The van der Waals surface area contributed by atoms with E-state index in [1.165, 1.54) is 40.8 Å². The zero-order chi connectivity index (χ0) is 33.0. The summed E-state index contributed by atoms with van der Waals surface area (Å²) >= 11 is 1.59. The number of hydrogen-bond donors (Lipinski definition) is 1. The molecule has 12 heteroatoms. The number of hydrogen-bond acceptors (Lipinski definition) is 5. The monoisotopic (exact) mass is 648 g/mol. The fourth-order valence-electron chi connectivity index (χ4n) is 5.10. The second kappa shape index (κ2) is 13.8. The number of aryl methyl sites for hydroxylation is 1. The molecule has 2 heterocycles. The molecule has 5 rings (SSSR count). The highest BCUT2D eigenvalue weighted by molar-refractivity contribution is 8.14. The molecule has 1 aliphatic rings. The smallest absolute Gasteiger partial charge is 0.406 e. The van der Waals surface area contributed by atoms with E-state index >= 15 is 0 Å². The summed E-state index contributed by atoms with van der Waals surface area (Å²) in [4.78, 5) is 24.1. The number of amides is 2. The zero-order valence-electron chi connectivity index (χ0n) is 26.2. The summed E-state index contributed by atoms with van der Waals surface area (Å²) in [7, 11) is 0. The van der Waals surface area contributed by atoms with Gasteiger partial charge < -0.3 is 15.0 Å². The van der Waals surface area contributed by atoms with E-state index in [4.69, 9.17) is 0 Å². The van der Waals surface area contributed by atoms with Gasteiger partial charge in [0.25, 0.3) is 0 Å². The second-order valence-corrected chi connectivity index (χ2v) is 12.5. The summed E-state index contributed by atoms with van der Waals surface area (Å²) in [5, 5.41) is 8.03. The Morgan fingerprint density at radius 3 is 2.50 bits per heavy atom. The van der Waals surface area contributed by atoms with Crippen molar-refractivity contribution in [3.8, 4) is 22.8 Å². The molecule has 8 nitrogen and oxygen atoms in total. The Hall–Kier alpha value is -4.58. The third kappa shape index (κ3) is 8.16. The molecule has 0 radical (unpaired) electrons. The minimum Gasteiger partial charge on any atom is -0.406 e. The van der Waals surface area contributed by atoms with Crippen LogP contribution in [-0.2, 0) is 0 Å². The van der Waals surface area contributed by atoms with Crippen LogP contribution in [0.1, 0.15) is 56.7 Å². The normalized spacial score (nSPS) is 16.6. The number of amidine groups is 1. The highest BCUT2D eigenvalue weighted by Gasteiger charge is 2.31. The molecule has 0 aliphatic carbocycles. The summed E-state index contributed by atoms with van der Waals surface area (Å²) < 4.78 is 42.7. The van der Waals surface area contributed by atoms with Crippen LogP contribution >= 0.6 is 11.8 Å². The average Bonchev–Trinajstić information content (AvgIpc) is 3.47. The molecule has 1 atom stereocenters. The lowest BCUT2D eigenvalue weighted by atomic mass is 9.98. The minimum atomic E-state index is -4.75. The van der Waals surface area contributed by atoms with E-state index in [0.717, 1.165) is 34.6 Å². The number of aliphatic imine (C=N–C) groups is 1. The Kier molecular flexibility index (Phi) is 9.85. The molecule has 1 N–H and O–H groups in total. The first kappa shape index (κ1) is 32.8. The maximum atomic E-state index is 13.1. The molecule has 0 bridgehead atoms. The first-order valence-corrected chi connectivity index (χ1v) is 15.8. The lowest BCUT2D eigenvalue weighted by Gasteiger charge is -2.37. The molecule has 0 saturated carbocycles. The Labute approximate surface area is 270 Å². The summed E-state index contributed by atoms with van der Waals surface area (Å²) in [6.07, 6.45) is -0.421. The van der Waals surface area contributed by atoms with Crippen LogP contribution in [-0.4, -0.2) is 44.1 Å². The van der Waals surface area contributed by atoms with Crippen LogP contribution in [0.4, 0.5) is 23.7 Å². The Balaban J connectivity index is 1.26. The molecule has 46 heavy (non-hydrogen) atoms. The van der Waals surface area contributed by atoms with Gasteiger partial charge in [0.1, 0.15) is 12.1 Å². The van der Waals surface area contributed by atoms with Crippen LogP contribution in [0.5, 0.6) is 5.75 Å². The number of benzene rings is 3.